The second-order valence-corrected chi connectivity index (χ2v) is 12.8. The first-order valence-corrected chi connectivity index (χ1v) is 17.0. The van der Waals surface area contributed by atoms with Crippen molar-refractivity contribution in [2.24, 2.45) is 5.92 Å². The Labute approximate surface area is 294 Å². The second-order valence-electron chi connectivity index (χ2n) is 12.0. The maximum atomic E-state index is 11.5. The lowest BCUT2D eigenvalue weighted by atomic mass is 9.98. The molecule has 14 heteroatoms. The Kier molecular flexibility index (Phi) is 11.2. The van der Waals surface area contributed by atoms with Gasteiger partial charge >= 0.3 is 0 Å². The Bertz CT molecular complexity index is 1840. The van der Waals surface area contributed by atoms with Gasteiger partial charge in [0.2, 0.25) is 23.6 Å². The third kappa shape index (κ3) is 8.10. The molecule has 2 saturated heterocycles. The van der Waals surface area contributed by atoms with Gasteiger partial charge in [-0.3, -0.25) is 19.6 Å². The molecule has 2 aromatic carbocycles. The number of nitrogens with one attached hydrogen (secondary N) is 4. The molecular weight excluding hydrogens is 667 g/mol. The van der Waals surface area contributed by atoms with Crippen molar-refractivity contribution in [3.05, 3.63) is 70.2 Å². The molecule has 0 radical (unpaired) electrons. The number of benzene rings is 2. The normalized spacial score (nSPS) is 17.2. The van der Waals surface area contributed by atoms with E-state index >= 15 is 0 Å². The number of methoxy groups -OCH3 is 2. The van der Waals surface area contributed by atoms with Crippen LogP contribution < -0.4 is 30.7 Å². The third-order valence-electron chi connectivity index (χ3n) is 8.70. The Morgan fingerprint density at radius 1 is 0.816 bits per heavy atom. The fraction of sp³-hybridized carbons (Fsp3) is 0.371. The molecular formula is C35H38Cl2N8O4. The van der Waals surface area contributed by atoms with E-state index in [1.807, 2.05) is 36.4 Å². The van der Waals surface area contributed by atoms with Crippen molar-refractivity contribution in [2.45, 2.75) is 44.8 Å². The number of rotatable bonds is 14. The number of ether oxygens (including phenoxy) is 2. The van der Waals surface area contributed by atoms with Crippen LogP contribution in [0.1, 0.15) is 37.1 Å². The SMILES string of the molecule is COc1nc(-c2cccc(-c3cccc(-c4cnc(CNC[C@@H]5CCC(=O)N5)c(OC)n4)c3Cl)c2Cl)cnc1CNCC[C@H]1CNC(=O)C1. The van der Waals surface area contributed by atoms with Crippen LogP contribution >= 0.6 is 23.2 Å². The highest BCUT2D eigenvalue weighted by Gasteiger charge is 2.23. The van der Waals surface area contributed by atoms with Crippen LogP contribution in [0, 0.1) is 5.92 Å². The average Bonchev–Trinajstić information content (AvgIpc) is 3.74. The van der Waals surface area contributed by atoms with Gasteiger partial charge in [0.25, 0.3) is 0 Å². The van der Waals surface area contributed by atoms with Crippen LogP contribution in [0.2, 0.25) is 10.0 Å². The van der Waals surface area contributed by atoms with Crippen LogP contribution in [-0.4, -0.2) is 71.6 Å². The van der Waals surface area contributed by atoms with E-state index in [4.69, 9.17) is 42.6 Å². The number of aromatic nitrogens is 4. The molecule has 2 aliphatic rings. The zero-order valence-electron chi connectivity index (χ0n) is 27.3. The van der Waals surface area contributed by atoms with Gasteiger partial charge in [-0.1, -0.05) is 59.6 Å². The van der Waals surface area contributed by atoms with Gasteiger partial charge in [-0.2, -0.15) is 0 Å². The summed E-state index contributed by atoms with van der Waals surface area (Å²) < 4.78 is 11.2. The highest BCUT2D eigenvalue weighted by Crippen LogP contribution is 2.42. The molecule has 2 aliphatic heterocycles. The molecule has 49 heavy (non-hydrogen) atoms. The minimum Gasteiger partial charge on any atom is -0.480 e. The van der Waals surface area contributed by atoms with Gasteiger partial charge in [0.05, 0.1) is 48.0 Å². The Morgan fingerprint density at radius 3 is 1.90 bits per heavy atom. The number of carbonyl (C=O) groups excluding carboxylic acids is 2. The van der Waals surface area contributed by atoms with Crippen molar-refractivity contribution in [1.82, 2.24) is 41.2 Å². The van der Waals surface area contributed by atoms with Crippen molar-refractivity contribution < 1.29 is 19.1 Å². The maximum Gasteiger partial charge on any atom is 0.237 e. The molecule has 0 unspecified atom stereocenters. The predicted molar refractivity (Wildman–Crippen MR) is 187 cm³/mol. The molecule has 2 atom stereocenters. The zero-order valence-corrected chi connectivity index (χ0v) is 28.8. The van der Waals surface area contributed by atoms with Gasteiger partial charge in [0.1, 0.15) is 11.4 Å². The van der Waals surface area contributed by atoms with Gasteiger partial charge < -0.3 is 30.7 Å². The van der Waals surface area contributed by atoms with Crippen LogP contribution in [0.3, 0.4) is 0 Å². The van der Waals surface area contributed by atoms with E-state index in [9.17, 15) is 9.59 Å². The van der Waals surface area contributed by atoms with E-state index in [1.165, 1.54) is 0 Å². The average molecular weight is 706 g/mol. The smallest absolute Gasteiger partial charge is 0.237 e. The molecule has 0 saturated carbocycles. The maximum absolute atomic E-state index is 11.5. The molecule has 2 amide bonds. The first kappa shape index (κ1) is 34.5. The van der Waals surface area contributed by atoms with E-state index in [0.717, 1.165) is 37.1 Å². The first-order valence-electron chi connectivity index (χ1n) is 16.2. The fourth-order valence-electron chi connectivity index (χ4n) is 6.08. The molecule has 0 aliphatic carbocycles. The summed E-state index contributed by atoms with van der Waals surface area (Å²) in [6.07, 6.45) is 6.19. The number of halogens is 2. The summed E-state index contributed by atoms with van der Waals surface area (Å²) in [5, 5.41) is 13.5. The number of amides is 2. The molecule has 0 spiro atoms. The fourth-order valence-corrected chi connectivity index (χ4v) is 6.72. The van der Waals surface area contributed by atoms with Gasteiger partial charge in [-0.05, 0) is 25.3 Å². The molecule has 256 valence electrons. The van der Waals surface area contributed by atoms with Crippen molar-refractivity contribution >= 4 is 35.0 Å². The summed E-state index contributed by atoms with van der Waals surface area (Å²) in [6.45, 7) is 3.03. The molecule has 2 aromatic heterocycles. The molecule has 4 N–H and O–H groups in total. The Morgan fingerprint density at radius 2 is 1.39 bits per heavy atom. The third-order valence-corrected chi connectivity index (χ3v) is 9.52. The minimum atomic E-state index is 0.0808. The highest BCUT2D eigenvalue weighted by molar-refractivity contribution is 6.39. The number of hydrogen-bond acceptors (Lipinski definition) is 10. The lowest BCUT2D eigenvalue weighted by molar-refractivity contribution is -0.120. The van der Waals surface area contributed by atoms with Crippen molar-refractivity contribution in [2.75, 3.05) is 33.9 Å². The molecule has 6 rings (SSSR count). The van der Waals surface area contributed by atoms with Gasteiger partial charge in [0.15, 0.2) is 0 Å². The predicted octanol–water partition coefficient (Wildman–Crippen LogP) is 4.58. The Hall–Kier alpha value is -4.36. The van der Waals surface area contributed by atoms with Gasteiger partial charge in [-0.15, -0.1) is 0 Å². The summed E-state index contributed by atoms with van der Waals surface area (Å²) in [7, 11) is 3.12. The monoisotopic (exact) mass is 704 g/mol. The summed E-state index contributed by atoms with van der Waals surface area (Å²) in [5.41, 5.74) is 5.23. The highest BCUT2D eigenvalue weighted by atomic mass is 35.5. The zero-order chi connectivity index (χ0) is 34.3. The van der Waals surface area contributed by atoms with Crippen molar-refractivity contribution in [3.8, 4) is 45.4 Å². The quantitative estimate of drug-likeness (QED) is 0.137. The number of carbonyl (C=O) groups is 2. The van der Waals surface area contributed by atoms with Crippen molar-refractivity contribution in [3.63, 3.8) is 0 Å². The number of nitrogens with zero attached hydrogens (tertiary/aromatic N) is 4. The topological polar surface area (TPSA) is 152 Å². The van der Waals surface area contributed by atoms with E-state index in [1.54, 1.807) is 26.6 Å². The molecule has 0 bridgehead atoms. The van der Waals surface area contributed by atoms with Gasteiger partial charge in [-0.25, -0.2) is 9.97 Å². The lowest BCUT2D eigenvalue weighted by Crippen LogP contribution is -2.35. The number of hydrogen-bond donors (Lipinski definition) is 4. The second kappa shape index (κ2) is 15.9. The minimum absolute atomic E-state index is 0.0808. The molecule has 2 fully saturated rings. The Balaban J connectivity index is 1.18. The largest absolute Gasteiger partial charge is 0.480 e. The van der Waals surface area contributed by atoms with Crippen LogP contribution in [0.5, 0.6) is 11.8 Å². The summed E-state index contributed by atoms with van der Waals surface area (Å²) in [6, 6.07) is 11.5. The van der Waals surface area contributed by atoms with Crippen molar-refractivity contribution in [1.29, 1.82) is 0 Å². The van der Waals surface area contributed by atoms with E-state index < -0.39 is 0 Å². The summed E-state index contributed by atoms with van der Waals surface area (Å²) >= 11 is 14.1. The molecule has 12 nitrogen and oxygen atoms in total. The summed E-state index contributed by atoms with van der Waals surface area (Å²) in [5.74, 6) is 1.33. The van der Waals surface area contributed by atoms with E-state index in [-0.39, 0.29) is 17.9 Å². The van der Waals surface area contributed by atoms with Crippen LogP contribution in [0.15, 0.2) is 48.8 Å². The molecule has 4 aromatic rings. The van der Waals surface area contributed by atoms with Crippen LogP contribution in [0.25, 0.3) is 33.6 Å². The summed E-state index contributed by atoms with van der Waals surface area (Å²) in [4.78, 5) is 41.6. The van der Waals surface area contributed by atoms with Gasteiger partial charge in [0, 0.05) is 67.3 Å². The van der Waals surface area contributed by atoms with E-state index in [0.29, 0.717) is 94.1 Å². The first-order chi connectivity index (χ1) is 23.8. The standard InChI is InChI=1S/C35H38Cl2N8O4/c1-48-34-28(16-38-12-11-20-13-31(47)42-14-20)40-18-26(44-34)24-7-3-5-22(32(24)36)23-6-4-8-25(33(23)37)27-19-41-29(35(45-27)49-2)17-39-15-21-9-10-30(46)43-21/h3-8,18-21,38-39H,9-17H2,1-2H3,(H,42,47)(H,43,46)/t20-,21+/m1/s1. The van der Waals surface area contributed by atoms with Crippen LogP contribution in [-0.2, 0) is 22.7 Å². The lowest BCUT2D eigenvalue weighted by Gasteiger charge is -2.15. The van der Waals surface area contributed by atoms with E-state index in [2.05, 4.69) is 31.2 Å². The van der Waals surface area contributed by atoms with Crippen LogP contribution in [0.4, 0.5) is 0 Å². The molecule has 4 heterocycles.